The third-order valence-electron chi connectivity index (χ3n) is 2.26. The van der Waals surface area contributed by atoms with Crippen LogP contribution in [0.1, 0.15) is 0 Å². The molecule has 0 fully saturated rings. The van der Waals surface area contributed by atoms with Gasteiger partial charge in [-0.05, 0) is 11.5 Å². The molecule has 1 aliphatic rings. The number of carbonyl (C=O) groups excluding carboxylic acids is 1. The minimum atomic E-state index is -3.31. The topological polar surface area (TPSA) is 85.4 Å². The van der Waals surface area contributed by atoms with E-state index >= 15 is 0 Å². The molecular formula is C9H11N3O3S2. The van der Waals surface area contributed by atoms with E-state index in [1.165, 1.54) is 24.2 Å². The SMILES string of the molecule is CS(=O)(=O)n1ccc(N2C=CSC2C(N)=O)c1. The highest BCUT2D eigenvalue weighted by Crippen LogP contribution is 2.30. The quantitative estimate of drug-likeness (QED) is 0.846. The minimum Gasteiger partial charge on any atom is -0.367 e. The number of nitrogens with two attached hydrogens (primary N) is 1. The van der Waals surface area contributed by atoms with Gasteiger partial charge in [-0.2, -0.15) is 0 Å². The van der Waals surface area contributed by atoms with Gasteiger partial charge in [0.15, 0.2) is 5.37 Å². The van der Waals surface area contributed by atoms with E-state index in [9.17, 15) is 13.2 Å². The number of primary amides is 1. The van der Waals surface area contributed by atoms with Crippen molar-refractivity contribution in [3.8, 4) is 0 Å². The Labute approximate surface area is 103 Å². The first-order valence-electron chi connectivity index (χ1n) is 4.68. The van der Waals surface area contributed by atoms with Crippen molar-refractivity contribution in [1.29, 1.82) is 0 Å². The lowest BCUT2D eigenvalue weighted by Gasteiger charge is -2.20. The summed E-state index contributed by atoms with van der Waals surface area (Å²) in [6.07, 6.45) is 5.68. The summed E-state index contributed by atoms with van der Waals surface area (Å²) in [5.41, 5.74) is 5.86. The summed E-state index contributed by atoms with van der Waals surface area (Å²) in [6, 6.07) is 1.62. The van der Waals surface area contributed by atoms with E-state index in [-0.39, 0.29) is 0 Å². The van der Waals surface area contributed by atoms with Crippen molar-refractivity contribution in [1.82, 2.24) is 3.97 Å². The molecule has 0 spiro atoms. The van der Waals surface area contributed by atoms with Gasteiger partial charge in [-0.15, -0.1) is 0 Å². The fourth-order valence-corrected chi connectivity index (χ4v) is 2.86. The van der Waals surface area contributed by atoms with Crippen LogP contribution in [0.2, 0.25) is 0 Å². The highest BCUT2D eigenvalue weighted by Gasteiger charge is 2.27. The average Bonchev–Trinajstić information content (AvgIpc) is 2.85. The van der Waals surface area contributed by atoms with Crippen molar-refractivity contribution >= 4 is 33.4 Å². The smallest absolute Gasteiger partial charge is 0.251 e. The number of anilines is 1. The van der Waals surface area contributed by atoms with Crippen LogP contribution in [0.25, 0.3) is 0 Å². The van der Waals surface area contributed by atoms with Crippen LogP contribution >= 0.6 is 11.8 Å². The van der Waals surface area contributed by atoms with Gasteiger partial charge in [0.1, 0.15) is 0 Å². The lowest BCUT2D eigenvalue weighted by atomic mass is 10.4. The van der Waals surface area contributed by atoms with Gasteiger partial charge in [-0.3, -0.25) is 8.77 Å². The van der Waals surface area contributed by atoms with Crippen LogP contribution in [0.3, 0.4) is 0 Å². The van der Waals surface area contributed by atoms with E-state index in [1.54, 1.807) is 22.6 Å². The number of aromatic nitrogens is 1. The summed E-state index contributed by atoms with van der Waals surface area (Å²) in [6.45, 7) is 0. The number of nitrogens with zero attached hydrogens (tertiary/aromatic N) is 2. The number of thioether (sulfide) groups is 1. The molecule has 0 saturated carbocycles. The zero-order valence-electron chi connectivity index (χ0n) is 8.98. The van der Waals surface area contributed by atoms with Gasteiger partial charge in [0, 0.05) is 18.6 Å². The fraction of sp³-hybridized carbons (Fsp3) is 0.222. The minimum absolute atomic E-state index is 0.466. The van der Waals surface area contributed by atoms with Crippen LogP contribution in [0.4, 0.5) is 5.69 Å². The Hall–Kier alpha value is -1.41. The summed E-state index contributed by atoms with van der Waals surface area (Å²) >= 11 is 1.28. The lowest BCUT2D eigenvalue weighted by molar-refractivity contribution is -0.117. The fourth-order valence-electron chi connectivity index (χ4n) is 1.47. The number of rotatable bonds is 3. The maximum absolute atomic E-state index is 11.3. The molecule has 1 unspecified atom stereocenters. The van der Waals surface area contributed by atoms with Crippen molar-refractivity contribution in [2.24, 2.45) is 5.73 Å². The number of carbonyl (C=O) groups is 1. The second-order valence-corrected chi connectivity index (χ2v) is 6.42. The molecule has 2 N–H and O–H groups in total. The Bertz CT molecular complexity index is 576. The maximum atomic E-state index is 11.3. The van der Waals surface area contributed by atoms with Crippen LogP contribution in [0, 0.1) is 0 Å². The predicted molar refractivity (Wildman–Crippen MR) is 66.9 cm³/mol. The van der Waals surface area contributed by atoms with Crippen molar-refractivity contribution in [3.63, 3.8) is 0 Å². The van der Waals surface area contributed by atoms with E-state index in [4.69, 9.17) is 5.73 Å². The van der Waals surface area contributed by atoms with Crippen LogP contribution in [-0.4, -0.2) is 29.9 Å². The van der Waals surface area contributed by atoms with Crippen LogP contribution in [-0.2, 0) is 14.8 Å². The third kappa shape index (κ3) is 2.32. The molecule has 0 aromatic carbocycles. The summed E-state index contributed by atoms with van der Waals surface area (Å²) in [5, 5.41) is 1.22. The number of hydrogen-bond donors (Lipinski definition) is 1. The molecule has 0 radical (unpaired) electrons. The second kappa shape index (κ2) is 4.11. The molecule has 1 atom stereocenters. The second-order valence-electron chi connectivity index (χ2n) is 3.55. The highest BCUT2D eigenvalue weighted by atomic mass is 32.2. The molecule has 2 heterocycles. The number of amides is 1. The Morgan fingerprint density at radius 1 is 1.53 bits per heavy atom. The average molecular weight is 273 g/mol. The summed E-state index contributed by atoms with van der Waals surface area (Å²) in [7, 11) is -3.31. The van der Waals surface area contributed by atoms with Gasteiger partial charge >= 0.3 is 0 Å². The molecular weight excluding hydrogens is 262 g/mol. The van der Waals surface area contributed by atoms with E-state index in [0.29, 0.717) is 5.69 Å². The van der Waals surface area contributed by atoms with Crippen molar-refractivity contribution in [2.75, 3.05) is 11.2 Å². The molecule has 92 valence electrons. The van der Waals surface area contributed by atoms with Crippen molar-refractivity contribution in [3.05, 3.63) is 30.1 Å². The van der Waals surface area contributed by atoms with E-state index in [1.807, 2.05) is 0 Å². The first-order chi connectivity index (χ1) is 7.89. The molecule has 2 rings (SSSR count). The van der Waals surface area contributed by atoms with Crippen LogP contribution in [0.15, 0.2) is 30.1 Å². The molecule has 8 heteroatoms. The zero-order chi connectivity index (χ0) is 12.6. The third-order valence-corrected chi connectivity index (χ3v) is 4.25. The molecule has 0 saturated heterocycles. The van der Waals surface area contributed by atoms with E-state index in [2.05, 4.69) is 0 Å². The largest absolute Gasteiger partial charge is 0.367 e. The molecule has 6 nitrogen and oxygen atoms in total. The summed E-state index contributed by atoms with van der Waals surface area (Å²) < 4.78 is 23.7. The molecule has 1 amide bonds. The molecule has 0 bridgehead atoms. The normalized spacial score (nSPS) is 19.8. The molecule has 1 aliphatic heterocycles. The Morgan fingerprint density at radius 2 is 2.24 bits per heavy atom. The van der Waals surface area contributed by atoms with Gasteiger partial charge in [-0.25, -0.2) is 8.42 Å². The number of hydrogen-bond acceptors (Lipinski definition) is 5. The Kier molecular flexibility index (Phi) is 2.92. The highest BCUT2D eigenvalue weighted by molar-refractivity contribution is 8.03. The van der Waals surface area contributed by atoms with Crippen LogP contribution in [0.5, 0.6) is 0 Å². The van der Waals surface area contributed by atoms with Gasteiger partial charge in [-0.1, -0.05) is 11.8 Å². The molecule has 1 aromatic heterocycles. The monoisotopic (exact) mass is 273 g/mol. The van der Waals surface area contributed by atoms with E-state index < -0.39 is 21.3 Å². The van der Waals surface area contributed by atoms with Gasteiger partial charge in [0.2, 0.25) is 10.0 Å². The maximum Gasteiger partial charge on any atom is 0.251 e. The van der Waals surface area contributed by atoms with E-state index in [0.717, 1.165) is 10.2 Å². The van der Waals surface area contributed by atoms with Gasteiger partial charge < -0.3 is 10.6 Å². The van der Waals surface area contributed by atoms with Gasteiger partial charge in [0.25, 0.3) is 5.91 Å². The Balaban J connectivity index is 2.32. The predicted octanol–water partition coefficient (Wildman–Crippen LogP) is 0.132. The summed E-state index contributed by atoms with van der Waals surface area (Å²) in [4.78, 5) is 12.8. The van der Waals surface area contributed by atoms with Crippen molar-refractivity contribution in [2.45, 2.75) is 5.37 Å². The lowest BCUT2D eigenvalue weighted by Crippen LogP contribution is -2.36. The summed E-state index contributed by atoms with van der Waals surface area (Å²) in [5.74, 6) is -0.466. The van der Waals surface area contributed by atoms with Crippen LogP contribution < -0.4 is 10.6 Å². The van der Waals surface area contributed by atoms with Gasteiger partial charge in [0.05, 0.1) is 11.9 Å². The zero-order valence-corrected chi connectivity index (χ0v) is 10.6. The molecule has 1 aromatic rings. The molecule has 0 aliphatic carbocycles. The van der Waals surface area contributed by atoms with Crippen molar-refractivity contribution < 1.29 is 13.2 Å². The first-order valence-corrected chi connectivity index (χ1v) is 7.47. The first kappa shape index (κ1) is 12.1. The molecule has 17 heavy (non-hydrogen) atoms. The Morgan fingerprint density at radius 3 is 2.76 bits per heavy atom. The standard InChI is InChI=1S/C9H11N3O3S2/c1-17(14,15)11-3-2-7(6-11)12-4-5-16-9(12)8(10)13/h2-6,9H,1H3,(H2,10,13).